The molecule has 136 valence electrons. The van der Waals surface area contributed by atoms with E-state index in [1.54, 1.807) is 5.56 Å². The molecule has 1 unspecified atom stereocenters. The van der Waals surface area contributed by atoms with Gasteiger partial charge >= 0.3 is 0 Å². The second kappa shape index (κ2) is 10.9. The van der Waals surface area contributed by atoms with Gasteiger partial charge in [0.05, 0.1) is 0 Å². The Hall–Kier alpha value is -0.780. The number of aryl methyl sites for hydroxylation is 1. The molecule has 0 aliphatic carbocycles. The van der Waals surface area contributed by atoms with Gasteiger partial charge in [-0.15, -0.1) is 0 Å². The summed E-state index contributed by atoms with van der Waals surface area (Å²) in [6.45, 7) is 29.0. The van der Waals surface area contributed by atoms with Crippen LogP contribution in [0.1, 0.15) is 110 Å². The summed E-state index contributed by atoms with van der Waals surface area (Å²) >= 11 is 0. The van der Waals surface area contributed by atoms with Gasteiger partial charge in [0.2, 0.25) is 0 Å². The second-order valence-electron chi connectivity index (χ2n) is 7.61. The van der Waals surface area contributed by atoms with Crippen LogP contribution in [0.25, 0.3) is 0 Å². The molecular formula is C23H44. The third kappa shape index (κ3) is 6.69. The lowest BCUT2D eigenvalue weighted by Gasteiger charge is -2.34. The van der Waals surface area contributed by atoms with Crippen molar-refractivity contribution in [2.45, 2.75) is 102 Å². The van der Waals surface area contributed by atoms with E-state index in [0.717, 1.165) is 0 Å². The molecule has 0 aliphatic rings. The molecule has 0 bridgehead atoms. The van der Waals surface area contributed by atoms with Crippen molar-refractivity contribution in [1.82, 2.24) is 0 Å². The minimum Gasteiger partial charge on any atom is -0.0683 e. The molecular weight excluding hydrogens is 276 g/mol. The fraction of sp³-hybridized carbons (Fsp3) is 0.739. The van der Waals surface area contributed by atoms with E-state index in [1.807, 2.05) is 27.7 Å². The van der Waals surface area contributed by atoms with Crippen LogP contribution in [0.5, 0.6) is 0 Å². The van der Waals surface area contributed by atoms with E-state index < -0.39 is 0 Å². The van der Waals surface area contributed by atoms with Gasteiger partial charge in [-0.3, -0.25) is 0 Å². The van der Waals surface area contributed by atoms with Crippen molar-refractivity contribution in [2.75, 3.05) is 0 Å². The summed E-state index contributed by atoms with van der Waals surface area (Å²) in [4.78, 5) is 0. The van der Waals surface area contributed by atoms with E-state index in [0.29, 0.717) is 23.2 Å². The highest BCUT2D eigenvalue weighted by Crippen LogP contribution is 2.40. The highest BCUT2D eigenvalue weighted by Gasteiger charge is 2.28. The molecule has 0 spiro atoms. The van der Waals surface area contributed by atoms with Gasteiger partial charge in [-0.25, -0.2) is 0 Å². The van der Waals surface area contributed by atoms with Gasteiger partial charge in [0.1, 0.15) is 0 Å². The summed E-state index contributed by atoms with van der Waals surface area (Å²) in [5.74, 6) is 1.89. The smallest absolute Gasteiger partial charge is 0.0157 e. The van der Waals surface area contributed by atoms with Crippen LogP contribution in [0.3, 0.4) is 0 Å². The zero-order valence-corrected chi connectivity index (χ0v) is 18.4. The molecule has 1 aromatic carbocycles. The van der Waals surface area contributed by atoms with E-state index in [2.05, 4.69) is 74.4 Å². The van der Waals surface area contributed by atoms with Crippen molar-refractivity contribution in [3.63, 3.8) is 0 Å². The van der Waals surface area contributed by atoms with Crippen molar-refractivity contribution < 1.29 is 0 Å². The molecule has 0 amide bonds. The van der Waals surface area contributed by atoms with Gasteiger partial charge in [-0.2, -0.15) is 0 Å². The van der Waals surface area contributed by atoms with Gasteiger partial charge in [0, 0.05) is 0 Å². The summed E-state index contributed by atoms with van der Waals surface area (Å²) in [5.41, 5.74) is 6.39. The first kappa shape index (κ1) is 24.5. The summed E-state index contributed by atoms with van der Waals surface area (Å²) in [7, 11) is 0. The highest BCUT2D eigenvalue weighted by atomic mass is 14.3. The number of rotatable bonds is 3. The van der Waals surface area contributed by atoms with Crippen LogP contribution in [0.2, 0.25) is 0 Å². The first-order chi connectivity index (χ1) is 10.6. The molecule has 1 aromatic rings. The molecule has 0 saturated heterocycles. The van der Waals surface area contributed by atoms with E-state index >= 15 is 0 Å². The fourth-order valence-corrected chi connectivity index (χ4v) is 3.28. The van der Waals surface area contributed by atoms with Gasteiger partial charge in [-0.1, -0.05) is 88.3 Å². The summed E-state index contributed by atoms with van der Waals surface area (Å²) < 4.78 is 0. The molecule has 0 saturated carbocycles. The van der Waals surface area contributed by atoms with Gasteiger partial charge < -0.3 is 0 Å². The van der Waals surface area contributed by atoms with Gasteiger partial charge in [-0.05, 0) is 59.3 Å². The molecule has 0 fully saturated rings. The van der Waals surface area contributed by atoms with Gasteiger partial charge in [0.15, 0.2) is 0 Å². The first-order valence-corrected chi connectivity index (χ1v) is 9.67. The second-order valence-corrected chi connectivity index (χ2v) is 7.61. The average Bonchev–Trinajstić information content (AvgIpc) is 2.49. The molecule has 0 heteroatoms. The Morgan fingerprint density at radius 2 is 1.22 bits per heavy atom. The average molecular weight is 321 g/mol. The molecule has 0 heterocycles. The van der Waals surface area contributed by atoms with E-state index in [-0.39, 0.29) is 0 Å². The normalized spacial score (nSPS) is 13.5. The van der Waals surface area contributed by atoms with Crippen molar-refractivity contribution >= 4 is 0 Å². The highest BCUT2D eigenvalue weighted by molar-refractivity contribution is 5.43. The lowest BCUT2D eigenvalue weighted by atomic mass is 9.71. The molecule has 2 atom stereocenters. The van der Waals surface area contributed by atoms with E-state index in [4.69, 9.17) is 0 Å². The maximum atomic E-state index is 2.39. The quantitative estimate of drug-likeness (QED) is 0.525. The van der Waals surface area contributed by atoms with Crippen LogP contribution < -0.4 is 0 Å². The minimum absolute atomic E-state index is 0.356. The predicted molar refractivity (Wildman–Crippen MR) is 110 cm³/mol. The van der Waals surface area contributed by atoms with Crippen LogP contribution in [-0.4, -0.2) is 0 Å². The first-order valence-electron chi connectivity index (χ1n) is 9.67. The summed E-state index contributed by atoms with van der Waals surface area (Å²) in [5, 5.41) is 0. The standard InChI is InChI=1S/C19H32.2C2H6/c1-12(2)18-13(3)10-11-17(15(18)5)14(4)16(6)19(7,8)9;2*1-2/h10-12,14,16H,1-9H3;2*1-2H3/t14?,16-;;/m1../s1. The number of hydrogen-bond acceptors (Lipinski definition) is 0. The third-order valence-electron chi connectivity index (χ3n) is 4.96. The van der Waals surface area contributed by atoms with Crippen molar-refractivity contribution in [3.8, 4) is 0 Å². The van der Waals surface area contributed by atoms with E-state index in [9.17, 15) is 0 Å². The van der Waals surface area contributed by atoms with Crippen LogP contribution in [0.4, 0.5) is 0 Å². The Morgan fingerprint density at radius 1 is 0.783 bits per heavy atom. The zero-order chi connectivity index (χ0) is 19.0. The zero-order valence-electron chi connectivity index (χ0n) is 18.4. The van der Waals surface area contributed by atoms with Crippen LogP contribution in [0, 0.1) is 25.2 Å². The number of benzene rings is 1. The molecule has 0 nitrogen and oxygen atoms in total. The van der Waals surface area contributed by atoms with Crippen molar-refractivity contribution in [1.29, 1.82) is 0 Å². The molecule has 0 aromatic heterocycles. The van der Waals surface area contributed by atoms with Crippen LogP contribution in [0.15, 0.2) is 12.1 Å². The Labute approximate surface area is 148 Å². The molecule has 0 N–H and O–H groups in total. The van der Waals surface area contributed by atoms with Gasteiger partial charge in [0.25, 0.3) is 0 Å². The maximum absolute atomic E-state index is 2.39. The maximum Gasteiger partial charge on any atom is -0.0157 e. The number of hydrogen-bond donors (Lipinski definition) is 0. The third-order valence-corrected chi connectivity index (χ3v) is 4.96. The summed E-state index contributed by atoms with van der Waals surface area (Å²) in [6, 6.07) is 4.66. The van der Waals surface area contributed by atoms with E-state index in [1.165, 1.54) is 16.7 Å². The topological polar surface area (TPSA) is 0 Å². The lowest BCUT2D eigenvalue weighted by Crippen LogP contribution is -2.23. The Balaban J connectivity index is 0. The molecule has 23 heavy (non-hydrogen) atoms. The van der Waals surface area contributed by atoms with Crippen LogP contribution in [-0.2, 0) is 0 Å². The van der Waals surface area contributed by atoms with Crippen LogP contribution >= 0.6 is 0 Å². The Kier molecular flexibility index (Phi) is 11.6. The largest absolute Gasteiger partial charge is 0.0683 e. The minimum atomic E-state index is 0.356. The fourth-order valence-electron chi connectivity index (χ4n) is 3.28. The molecule has 0 radical (unpaired) electrons. The monoisotopic (exact) mass is 320 g/mol. The molecule has 1 rings (SSSR count). The Bertz CT molecular complexity index is 432. The SMILES string of the molecule is CC.CC.Cc1ccc(C(C)[C@@H](C)C(C)(C)C)c(C)c1C(C)C. The lowest BCUT2D eigenvalue weighted by molar-refractivity contribution is 0.228. The van der Waals surface area contributed by atoms with Crippen molar-refractivity contribution in [2.24, 2.45) is 11.3 Å². The summed E-state index contributed by atoms with van der Waals surface area (Å²) in [6.07, 6.45) is 0. The predicted octanol–water partition coefficient (Wildman–Crippen LogP) is 8.26. The van der Waals surface area contributed by atoms with Crippen molar-refractivity contribution in [3.05, 3.63) is 34.4 Å². The Morgan fingerprint density at radius 3 is 1.57 bits per heavy atom. The molecule has 0 aliphatic heterocycles.